The van der Waals surface area contributed by atoms with Crippen LogP contribution in [0.5, 0.6) is 0 Å². The predicted octanol–water partition coefficient (Wildman–Crippen LogP) is 0.765. The number of carbonyl (C=O) groups is 2. The lowest BCUT2D eigenvalue weighted by atomic mass is 10.2. The Bertz CT molecular complexity index is 883. The zero-order valence-corrected chi connectivity index (χ0v) is 18.5. The van der Waals surface area contributed by atoms with Crippen molar-refractivity contribution in [2.45, 2.75) is 6.42 Å². The van der Waals surface area contributed by atoms with E-state index in [1.165, 1.54) is 47.7 Å². The highest BCUT2D eigenvalue weighted by atomic mass is 32.1. The molecule has 0 aromatic heterocycles. The second-order valence-electron chi connectivity index (χ2n) is 6.74. The monoisotopic (exact) mass is 471 g/mol. The fourth-order valence-corrected chi connectivity index (χ4v) is 3.11. The van der Waals surface area contributed by atoms with Gasteiger partial charge in [0.15, 0.2) is 11.6 Å². The van der Waals surface area contributed by atoms with E-state index in [0.29, 0.717) is 0 Å². The van der Waals surface area contributed by atoms with Gasteiger partial charge < -0.3 is 24.6 Å². The third-order valence-electron chi connectivity index (χ3n) is 4.72. The third kappa shape index (κ3) is 6.92. The summed E-state index contributed by atoms with van der Waals surface area (Å²) in [5.74, 6) is -2.51. The maximum absolute atomic E-state index is 14.7. The molecule has 1 heterocycles. The Labute approximate surface area is 189 Å². The Kier molecular flexibility index (Phi) is 9.40. The molecule has 32 heavy (non-hydrogen) atoms. The van der Waals surface area contributed by atoms with Crippen molar-refractivity contribution in [1.29, 1.82) is 5.53 Å². The van der Waals surface area contributed by atoms with Gasteiger partial charge in [-0.2, -0.15) is 5.11 Å². The number of piperazine rings is 1. The number of halogens is 2. The molecule has 174 valence electrons. The Morgan fingerprint density at radius 1 is 1.22 bits per heavy atom. The maximum Gasteiger partial charge on any atom is 0.315 e. The average Bonchev–Trinajstić information content (AvgIpc) is 2.78. The first-order chi connectivity index (χ1) is 15.3. The summed E-state index contributed by atoms with van der Waals surface area (Å²) in [7, 11) is 2.60. The van der Waals surface area contributed by atoms with E-state index in [-0.39, 0.29) is 67.3 Å². The molecule has 4 N–H and O–H groups in total. The van der Waals surface area contributed by atoms with Gasteiger partial charge in [0.2, 0.25) is 5.91 Å². The minimum Gasteiger partial charge on any atom is -0.474 e. The first-order valence-corrected chi connectivity index (χ1v) is 10.0. The van der Waals surface area contributed by atoms with Crippen LogP contribution in [-0.4, -0.2) is 68.9 Å². The SMILES string of the molecule is COC(=O)CC(=O)N1CCN(c2c(F)cc([NH2+]/C=C(/CNC(=S)OC)N=N)cc2F)CC1. The van der Waals surface area contributed by atoms with Gasteiger partial charge in [0.1, 0.15) is 29.7 Å². The molecule has 1 saturated heterocycles. The highest BCUT2D eigenvalue weighted by Gasteiger charge is 2.26. The largest absolute Gasteiger partial charge is 0.474 e. The zero-order chi connectivity index (χ0) is 23.7. The standard InChI is InChI=1S/C19H24F2N6O4S/c1-30-17(29)9-16(28)26-3-5-27(6-4-26)18-14(20)7-12(8-15(18)21)23-10-13(25-22)11-24-19(32)31-2/h7-8,10,22-23H,3-6,9,11H2,1-2H3,(H,24,32)/p+1/b13-10-,25-22?. The topological polar surface area (TPSA) is 124 Å². The Morgan fingerprint density at radius 3 is 2.38 bits per heavy atom. The Hall–Kier alpha value is -3.19. The van der Waals surface area contributed by atoms with Crippen molar-refractivity contribution in [2.24, 2.45) is 5.11 Å². The number of benzene rings is 1. The van der Waals surface area contributed by atoms with Gasteiger partial charge in [0.25, 0.3) is 5.17 Å². The first kappa shape index (κ1) is 25.1. The first-order valence-electron chi connectivity index (χ1n) is 9.60. The molecule has 0 saturated carbocycles. The van der Waals surface area contributed by atoms with Crippen molar-refractivity contribution in [3.63, 3.8) is 0 Å². The quantitative estimate of drug-likeness (QED) is 0.168. The van der Waals surface area contributed by atoms with Crippen LogP contribution >= 0.6 is 12.2 Å². The zero-order valence-electron chi connectivity index (χ0n) is 17.7. The number of nitrogens with two attached hydrogens (primary N) is 1. The molecule has 0 bridgehead atoms. The number of thiocarbonyl (C=S) groups is 1. The number of esters is 1. The lowest BCUT2D eigenvalue weighted by molar-refractivity contribution is -0.497. The normalized spacial score (nSPS) is 14.1. The number of carbonyl (C=O) groups excluding carboxylic acids is 2. The van der Waals surface area contributed by atoms with Crippen LogP contribution in [-0.2, 0) is 19.1 Å². The molecule has 0 unspecified atom stereocenters. The molecule has 10 nitrogen and oxygen atoms in total. The number of hydrogen-bond acceptors (Lipinski definition) is 8. The van der Waals surface area contributed by atoms with Gasteiger partial charge in [0.05, 0.1) is 20.8 Å². The average molecular weight is 472 g/mol. The summed E-state index contributed by atoms with van der Waals surface area (Å²) in [6, 6.07) is 2.36. The molecule has 1 amide bonds. The van der Waals surface area contributed by atoms with Gasteiger partial charge in [-0.05, 0) is 12.2 Å². The second-order valence-corrected chi connectivity index (χ2v) is 7.11. The van der Waals surface area contributed by atoms with Crippen LogP contribution in [0.1, 0.15) is 6.42 Å². The summed E-state index contributed by atoms with van der Waals surface area (Å²) in [4.78, 5) is 26.3. The highest BCUT2D eigenvalue weighted by Crippen LogP contribution is 2.26. The van der Waals surface area contributed by atoms with E-state index in [1.807, 2.05) is 0 Å². The number of hydrogen-bond donors (Lipinski definition) is 3. The molecule has 0 radical (unpaired) electrons. The number of nitrogens with zero attached hydrogens (tertiary/aromatic N) is 3. The van der Waals surface area contributed by atoms with Gasteiger partial charge in [-0.3, -0.25) is 14.9 Å². The minimum absolute atomic E-state index is 0.120. The van der Waals surface area contributed by atoms with Crippen LogP contribution in [0.15, 0.2) is 29.1 Å². The van der Waals surface area contributed by atoms with Crippen molar-refractivity contribution in [3.05, 3.63) is 35.7 Å². The van der Waals surface area contributed by atoms with E-state index in [0.717, 1.165) is 0 Å². The summed E-state index contributed by atoms with van der Waals surface area (Å²) >= 11 is 4.84. The van der Waals surface area contributed by atoms with Crippen molar-refractivity contribution < 1.29 is 33.2 Å². The molecule has 1 aliphatic rings. The predicted molar refractivity (Wildman–Crippen MR) is 114 cm³/mol. The molecule has 1 aromatic carbocycles. The van der Waals surface area contributed by atoms with Crippen molar-refractivity contribution in [1.82, 2.24) is 10.2 Å². The van der Waals surface area contributed by atoms with Gasteiger partial charge in [-0.1, -0.05) is 0 Å². The lowest BCUT2D eigenvalue weighted by Crippen LogP contribution is -2.71. The van der Waals surface area contributed by atoms with E-state index in [1.54, 1.807) is 0 Å². The minimum atomic E-state index is -0.748. The molecule has 2 rings (SSSR count). The van der Waals surface area contributed by atoms with Gasteiger partial charge in [0, 0.05) is 38.3 Å². The number of methoxy groups -OCH3 is 2. The maximum atomic E-state index is 14.7. The molecular formula is C19H25F2N6O4S+. The molecule has 0 atom stereocenters. The lowest BCUT2D eigenvalue weighted by Gasteiger charge is -2.36. The summed E-state index contributed by atoms with van der Waals surface area (Å²) in [5.41, 5.74) is 7.54. The molecule has 1 aromatic rings. The summed E-state index contributed by atoms with van der Waals surface area (Å²) in [5, 5.41) is 7.62. The smallest absolute Gasteiger partial charge is 0.315 e. The van der Waals surface area contributed by atoms with Crippen molar-refractivity contribution in [3.8, 4) is 0 Å². The molecule has 0 spiro atoms. The van der Waals surface area contributed by atoms with Crippen LogP contribution in [0.4, 0.5) is 20.2 Å². The molecular weight excluding hydrogens is 446 g/mol. The van der Waals surface area contributed by atoms with Crippen LogP contribution in [0, 0.1) is 17.2 Å². The van der Waals surface area contributed by atoms with Gasteiger partial charge in [-0.25, -0.2) is 14.3 Å². The number of nitrogens with one attached hydrogen (secondary N) is 2. The van der Waals surface area contributed by atoms with E-state index in [2.05, 4.69) is 15.2 Å². The van der Waals surface area contributed by atoms with E-state index in [9.17, 15) is 18.4 Å². The molecule has 1 aliphatic heterocycles. The number of quaternary nitrogens is 1. The van der Waals surface area contributed by atoms with E-state index < -0.39 is 17.6 Å². The fraction of sp³-hybridized carbons (Fsp3) is 0.421. The Morgan fingerprint density at radius 2 is 1.84 bits per heavy atom. The third-order valence-corrected chi connectivity index (χ3v) is 5.03. The van der Waals surface area contributed by atoms with Crippen molar-refractivity contribution in [2.75, 3.05) is 51.8 Å². The van der Waals surface area contributed by atoms with Crippen LogP contribution in [0.3, 0.4) is 0 Å². The summed E-state index contributed by atoms with van der Waals surface area (Å²) in [6.07, 6.45) is 1.08. The van der Waals surface area contributed by atoms with Crippen molar-refractivity contribution >= 4 is 40.6 Å². The van der Waals surface area contributed by atoms with Gasteiger partial charge in [-0.15, -0.1) is 0 Å². The van der Waals surface area contributed by atoms with Crippen LogP contribution in [0.25, 0.3) is 0 Å². The Balaban J connectivity index is 2.01. The number of amides is 1. The van der Waals surface area contributed by atoms with Crippen LogP contribution in [0.2, 0.25) is 0 Å². The molecule has 0 aliphatic carbocycles. The number of ether oxygens (including phenoxy) is 2. The fourth-order valence-electron chi connectivity index (χ4n) is 3.03. The van der Waals surface area contributed by atoms with E-state index >= 15 is 0 Å². The highest BCUT2D eigenvalue weighted by molar-refractivity contribution is 7.80. The second kappa shape index (κ2) is 12.0. The number of anilines is 1. The van der Waals surface area contributed by atoms with Gasteiger partial charge >= 0.3 is 5.97 Å². The number of rotatable bonds is 8. The van der Waals surface area contributed by atoms with E-state index in [4.69, 9.17) is 22.5 Å². The molecule has 13 heteroatoms. The summed E-state index contributed by atoms with van der Waals surface area (Å²) in [6.45, 7) is 1.02. The molecule has 1 fully saturated rings. The summed E-state index contributed by atoms with van der Waals surface area (Å²) < 4.78 is 38.7. The van der Waals surface area contributed by atoms with Crippen LogP contribution < -0.4 is 15.5 Å².